The van der Waals surface area contributed by atoms with E-state index >= 15 is 0 Å². The molecule has 0 spiro atoms. The van der Waals surface area contributed by atoms with Crippen molar-refractivity contribution in [3.8, 4) is 0 Å². The molecule has 0 aliphatic carbocycles. The summed E-state index contributed by atoms with van der Waals surface area (Å²) < 4.78 is 5.08. The van der Waals surface area contributed by atoms with Crippen LogP contribution in [0.25, 0.3) is 6.08 Å². The van der Waals surface area contributed by atoms with E-state index < -0.39 is 0 Å². The van der Waals surface area contributed by atoms with E-state index in [-0.39, 0.29) is 5.91 Å². The molecule has 0 atom stereocenters. The lowest BCUT2D eigenvalue weighted by Crippen LogP contribution is -2.21. The number of thioether (sulfide) groups is 1. The van der Waals surface area contributed by atoms with Gasteiger partial charge in [-0.2, -0.15) is 0 Å². The highest BCUT2D eigenvalue weighted by molar-refractivity contribution is 8.13. The van der Waals surface area contributed by atoms with Crippen LogP contribution in [0.2, 0.25) is 0 Å². The molecule has 14 heavy (non-hydrogen) atoms. The average molecular weight is 208 g/mol. The third-order valence-corrected chi connectivity index (χ3v) is 2.27. The summed E-state index contributed by atoms with van der Waals surface area (Å²) in [5.74, 6) is 0.437. The minimum absolute atomic E-state index is 0.189. The van der Waals surface area contributed by atoms with Crippen molar-refractivity contribution in [3.63, 3.8) is 0 Å². The Morgan fingerprint density at radius 2 is 2.50 bits per heavy atom. The molecule has 1 amide bonds. The lowest BCUT2D eigenvalue weighted by atomic mass is 10.3. The van der Waals surface area contributed by atoms with Gasteiger partial charge in [0.25, 0.3) is 5.91 Å². The summed E-state index contributed by atoms with van der Waals surface area (Å²) in [5, 5.41) is 3.25. The van der Waals surface area contributed by atoms with E-state index in [2.05, 4.69) is 10.3 Å². The van der Waals surface area contributed by atoms with Crippen LogP contribution < -0.4 is 5.32 Å². The Morgan fingerprint density at radius 1 is 1.64 bits per heavy atom. The van der Waals surface area contributed by atoms with Crippen LogP contribution in [0.4, 0.5) is 0 Å². The molecule has 1 aromatic rings. The van der Waals surface area contributed by atoms with Gasteiger partial charge in [0.2, 0.25) is 0 Å². The second-order valence-electron chi connectivity index (χ2n) is 2.62. The first kappa shape index (κ1) is 9.08. The van der Waals surface area contributed by atoms with E-state index in [4.69, 9.17) is 4.42 Å². The van der Waals surface area contributed by atoms with Crippen LogP contribution in [0.15, 0.2) is 33.5 Å². The van der Waals surface area contributed by atoms with E-state index in [1.165, 1.54) is 11.8 Å². The number of carbonyl (C=O) groups is 1. The van der Waals surface area contributed by atoms with Gasteiger partial charge in [-0.1, -0.05) is 11.8 Å². The lowest BCUT2D eigenvalue weighted by molar-refractivity contribution is -0.115. The molecule has 0 unspecified atom stereocenters. The number of amides is 1. The van der Waals surface area contributed by atoms with Gasteiger partial charge >= 0.3 is 0 Å². The van der Waals surface area contributed by atoms with Crippen molar-refractivity contribution in [1.82, 2.24) is 5.32 Å². The Hall–Kier alpha value is -1.49. The maximum Gasteiger partial charge on any atom is 0.276 e. The quantitative estimate of drug-likeness (QED) is 0.711. The molecular weight excluding hydrogens is 200 g/mol. The fraction of sp³-hybridized carbons (Fsp3) is 0.111. The smallest absolute Gasteiger partial charge is 0.276 e. The number of furan rings is 1. The minimum atomic E-state index is -0.189. The van der Waals surface area contributed by atoms with Gasteiger partial charge in [0, 0.05) is 6.08 Å². The average Bonchev–Trinajstić information content (AvgIpc) is 2.78. The SMILES string of the molecule is CSC1=N/C(=C\c2ccco2)C(=O)N1. The zero-order chi connectivity index (χ0) is 9.97. The third kappa shape index (κ3) is 1.72. The van der Waals surface area contributed by atoms with Gasteiger partial charge in [-0.25, -0.2) is 4.99 Å². The molecule has 0 radical (unpaired) electrons. The van der Waals surface area contributed by atoms with Gasteiger partial charge in [-0.15, -0.1) is 0 Å². The Bertz CT molecular complexity index is 406. The predicted molar refractivity (Wildman–Crippen MR) is 55.8 cm³/mol. The Labute approximate surface area is 85.1 Å². The zero-order valence-electron chi connectivity index (χ0n) is 7.48. The van der Waals surface area contributed by atoms with E-state index in [1.807, 2.05) is 6.26 Å². The first-order valence-electron chi connectivity index (χ1n) is 3.99. The number of hydrogen-bond donors (Lipinski definition) is 1. The summed E-state index contributed by atoms with van der Waals surface area (Å²) >= 11 is 1.40. The van der Waals surface area contributed by atoms with Gasteiger partial charge in [0.15, 0.2) is 5.17 Å². The van der Waals surface area contributed by atoms with Crippen molar-refractivity contribution in [2.75, 3.05) is 6.26 Å². The summed E-state index contributed by atoms with van der Waals surface area (Å²) in [6.07, 6.45) is 5.02. The Morgan fingerprint density at radius 3 is 3.07 bits per heavy atom. The lowest BCUT2D eigenvalue weighted by Gasteiger charge is -1.90. The van der Waals surface area contributed by atoms with Crippen molar-refractivity contribution in [1.29, 1.82) is 0 Å². The molecule has 0 aromatic carbocycles. The maximum atomic E-state index is 11.3. The number of hydrogen-bond acceptors (Lipinski definition) is 4. The number of aliphatic imine (C=N–C) groups is 1. The minimum Gasteiger partial charge on any atom is -0.465 e. The van der Waals surface area contributed by atoms with Gasteiger partial charge in [-0.05, 0) is 18.4 Å². The largest absolute Gasteiger partial charge is 0.465 e. The first-order chi connectivity index (χ1) is 6.79. The third-order valence-electron chi connectivity index (χ3n) is 1.69. The van der Waals surface area contributed by atoms with E-state index in [0.717, 1.165) is 0 Å². The van der Waals surface area contributed by atoms with Crippen LogP contribution in [0.3, 0.4) is 0 Å². The van der Waals surface area contributed by atoms with Crippen molar-refractivity contribution in [2.24, 2.45) is 4.99 Å². The highest BCUT2D eigenvalue weighted by Gasteiger charge is 2.19. The van der Waals surface area contributed by atoms with E-state index in [0.29, 0.717) is 16.6 Å². The molecule has 0 bridgehead atoms. The van der Waals surface area contributed by atoms with Gasteiger partial charge in [-0.3, -0.25) is 10.1 Å². The summed E-state index contributed by atoms with van der Waals surface area (Å²) in [5.41, 5.74) is 0.379. The van der Waals surface area contributed by atoms with E-state index in [1.54, 1.807) is 24.5 Å². The first-order valence-corrected chi connectivity index (χ1v) is 5.21. The number of carbonyl (C=O) groups excluding carboxylic acids is 1. The van der Waals surface area contributed by atoms with Crippen LogP contribution in [0.5, 0.6) is 0 Å². The summed E-state index contributed by atoms with van der Waals surface area (Å²) in [4.78, 5) is 15.4. The van der Waals surface area contributed by atoms with Crippen molar-refractivity contribution in [2.45, 2.75) is 0 Å². The van der Waals surface area contributed by atoms with Crippen LogP contribution >= 0.6 is 11.8 Å². The topological polar surface area (TPSA) is 54.6 Å². The monoisotopic (exact) mass is 208 g/mol. The molecule has 72 valence electrons. The Kier molecular flexibility index (Phi) is 2.41. The van der Waals surface area contributed by atoms with Gasteiger partial charge < -0.3 is 4.42 Å². The summed E-state index contributed by atoms with van der Waals surface area (Å²) in [6, 6.07) is 3.53. The molecule has 5 heteroatoms. The highest BCUT2D eigenvalue weighted by Crippen LogP contribution is 2.14. The van der Waals surface area contributed by atoms with Crippen LogP contribution in [0.1, 0.15) is 5.76 Å². The molecule has 1 aromatic heterocycles. The predicted octanol–water partition coefficient (Wildman–Crippen LogP) is 1.47. The van der Waals surface area contributed by atoms with E-state index in [9.17, 15) is 4.79 Å². The number of rotatable bonds is 1. The maximum absolute atomic E-state index is 11.3. The fourth-order valence-corrected chi connectivity index (χ4v) is 1.44. The standard InChI is InChI=1S/C9H8N2O2S/c1-14-9-10-7(8(12)11-9)5-6-3-2-4-13-6/h2-5H,1H3,(H,10,11,12)/b7-5-. The molecule has 2 heterocycles. The second-order valence-corrected chi connectivity index (χ2v) is 3.42. The highest BCUT2D eigenvalue weighted by atomic mass is 32.2. The Balaban J connectivity index is 2.27. The molecule has 0 fully saturated rings. The van der Waals surface area contributed by atoms with Crippen molar-refractivity contribution >= 4 is 28.9 Å². The van der Waals surface area contributed by atoms with Crippen LogP contribution in [0, 0.1) is 0 Å². The molecule has 4 nitrogen and oxygen atoms in total. The second kappa shape index (κ2) is 3.71. The number of nitrogens with one attached hydrogen (secondary N) is 1. The molecule has 1 aliphatic heterocycles. The van der Waals surface area contributed by atoms with Crippen LogP contribution in [-0.4, -0.2) is 17.3 Å². The fourth-order valence-electron chi connectivity index (χ4n) is 1.05. The molecular formula is C9H8N2O2S. The summed E-state index contributed by atoms with van der Waals surface area (Å²) in [7, 11) is 0. The zero-order valence-corrected chi connectivity index (χ0v) is 8.30. The normalized spacial score (nSPS) is 18.5. The molecule has 1 N–H and O–H groups in total. The van der Waals surface area contributed by atoms with Crippen molar-refractivity contribution in [3.05, 3.63) is 29.9 Å². The molecule has 1 aliphatic rings. The summed E-state index contributed by atoms with van der Waals surface area (Å²) in [6.45, 7) is 0. The number of amidine groups is 1. The van der Waals surface area contributed by atoms with Gasteiger partial charge in [0.1, 0.15) is 11.5 Å². The number of nitrogens with zero attached hydrogens (tertiary/aromatic N) is 1. The molecule has 0 saturated carbocycles. The van der Waals surface area contributed by atoms with Crippen molar-refractivity contribution < 1.29 is 9.21 Å². The molecule has 2 rings (SSSR count). The van der Waals surface area contributed by atoms with Crippen LogP contribution in [-0.2, 0) is 4.79 Å². The molecule has 0 saturated heterocycles. The van der Waals surface area contributed by atoms with Gasteiger partial charge in [0.05, 0.1) is 6.26 Å².